The van der Waals surface area contributed by atoms with E-state index < -0.39 is 72.8 Å². The van der Waals surface area contributed by atoms with E-state index in [2.05, 4.69) is 10.5 Å². The maximum absolute atomic E-state index is 14.2. The topological polar surface area (TPSA) is 113 Å². The number of benzene rings is 1. The first-order valence-electron chi connectivity index (χ1n) is 10.1. The molecular formula is C18H23F5N2O7P2. The van der Waals surface area contributed by atoms with Crippen LogP contribution in [0.1, 0.15) is 44.5 Å². The van der Waals surface area contributed by atoms with E-state index in [1.54, 1.807) is 0 Å². The molecule has 0 unspecified atom stereocenters. The highest BCUT2D eigenvalue weighted by molar-refractivity contribution is 7.74. The average Bonchev–Trinajstić information content (AvgIpc) is 3.25. The Hall–Kier alpha value is -1.69. The standard InChI is InChI=1S/C18H23F5N2O7P2/c1-5-29-33(27,30-6-2)18(34(28,31-7-3)32-8-4)9-10(24-25-18)17(26)11-12(19)14(21)16(23)15(22)13(11)20/h25H,5-9H2,1-4H3. The predicted molar refractivity (Wildman–Crippen MR) is 110 cm³/mol. The third-order valence-corrected chi connectivity index (χ3v) is 10.8. The molecule has 0 radical (unpaired) electrons. The molecule has 0 aromatic heterocycles. The molecule has 0 saturated carbocycles. The molecule has 1 heterocycles. The Balaban J connectivity index is 2.68. The zero-order valence-electron chi connectivity index (χ0n) is 18.6. The van der Waals surface area contributed by atoms with Crippen LogP contribution in [0.5, 0.6) is 0 Å². The minimum absolute atomic E-state index is 0.236. The largest absolute Gasteiger partial charge is 0.370 e. The van der Waals surface area contributed by atoms with Gasteiger partial charge in [0.25, 0.3) is 5.02 Å². The summed E-state index contributed by atoms with van der Waals surface area (Å²) in [7, 11) is -9.17. The van der Waals surface area contributed by atoms with Gasteiger partial charge >= 0.3 is 15.2 Å². The number of ketones is 1. The lowest BCUT2D eigenvalue weighted by molar-refractivity contribution is 0.105. The van der Waals surface area contributed by atoms with Crippen molar-refractivity contribution in [3.8, 4) is 0 Å². The van der Waals surface area contributed by atoms with Gasteiger partial charge in [0.05, 0.1) is 26.4 Å². The fourth-order valence-electron chi connectivity index (χ4n) is 3.20. The van der Waals surface area contributed by atoms with Gasteiger partial charge in [-0.25, -0.2) is 22.0 Å². The molecule has 1 aliphatic heterocycles. The summed E-state index contributed by atoms with van der Waals surface area (Å²) in [6, 6.07) is 0. The lowest BCUT2D eigenvalue weighted by atomic mass is 10.0. The molecule has 0 amide bonds. The summed E-state index contributed by atoms with van der Waals surface area (Å²) in [4.78, 5) is 12.8. The van der Waals surface area contributed by atoms with E-state index in [-0.39, 0.29) is 26.4 Å². The highest BCUT2D eigenvalue weighted by atomic mass is 31.2. The van der Waals surface area contributed by atoms with E-state index in [9.17, 15) is 35.9 Å². The van der Waals surface area contributed by atoms with E-state index in [4.69, 9.17) is 18.1 Å². The van der Waals surface area contributed by atoms with E-state index in [1.165, 1.54) is 27.7 Å². The number of carbonyl (C=O) groups excluding carboxylic acids is 1. The van der Waals surface area contributed by atoms with Crippen molar-refractivity contribution in [2.75, 3.05) is 26.4 Å². The molecule has 192 valence electrons. The molecule has 1 N–H and O–H groups in total. The van der Waals surface area contributed by atoms with E-state index in [0.717, 1.165) is 0 Å². The maximum atomic E-state index is 14.2. The van der Waals surface area contributed by atoms with Crippen LogP contribution in [0, 0.1) is 29.1 Å². The Morgan fingerprint density at radius 1 is 0.794 bits per heavy atom. The molecule has 0 atom stereocenters. The third-order valence-electron chi connectivity index (χ3n) is 4.59. The molecule has 9 nitrogen and oxygen atoms in total. The van der Waals surface area contributed by atoms with Crippen LogP contribution in [0.2, 0.25) is 0 Å². The van der Waals surface area contributed by atoms with Gasteiger partial charge in [0.15, 0.2) is 23.3 Å². The summed E-state index contributed by atoms with van der Waals surface area (Å²) < 4.78 is 118. The molecule has 0 aliphatic carbocycles. The van der Waals surface area contributed by atoms with Crippen LogP contribution in [0.15, 0.2) is 5.10 Å². The number of halogens is 5. The van der Waals surface area contributed by atoms with Crippen LogP contribution in [0.3, 0.4) is 0 Å². The fourth-order valence-corrected chi connectivity index (χ4v) is 8.48. The summed E-state index contributed by atoms with van der Waals surface area (Å²) in [6.45, 7) is 4.79. The maximum Gasteiger partial charge on any atom is 0.370 e. The number of rotatable bonds is 12. The number of Topliss-reactive ketones (excluding diaryl/α,β-unsaturated/α-hetero) is 1. The van der Waals surface area contributed by atoms with Gasteiger partial charge < -0.3 is 18.1 Å². The molecule has 1 aromatic rings. The monoisotopic (exact) mass is 536 g/mol. The number of hydrogen-bond acceptors (Lipinski definition) is 9. The number of nitrogens with one attached hydrogen (secondary N) is 1. The van der Waals surface area contributed by atoms with Gasteiger partial charge in [-0.05, 0) is 27.7 Å². The summed E-state index contributed by atoms with van der Waals surface area (Å²) >= 11 is 0. The molecule has 1 aromatic carbocycles. The lowest BCUT2D eigenvalue weighted by Crippen LogP contribution is -2.42. The summed E-state index contributed by atoms with van der Waals surface area (Å²) in [5, 5.41) is 1.08. The Bertz CT molecular complexity index is 1010. The highest BCUT2D eigenvalue weighted by Gasteiger charge is 2.69. The average molecular weight is 536 g/mol. The van der Waals surface area contributed by atoms with Crippen molar-refractivity contribution in [3.05, 3.63) is 34.6 Å². The minimum Gasteiger partial charge on any atom is -0.307 e. The van der Waals surface area contributed by atoms with E-state index in [0.29, 0.717) is 0 Å². The smallest absolute Gasteiger partial charge is 0.307 e. The van der Waals surface area contributed by atoms with Gasteiger partial charge in [0.1, 0.15) is 11.3 Å². The Labute approximate surface area is 192 Å². The number of hydrogen-bond donors (Lipinski definition) is 1. The molecular weight excluding hydrogens is 513 g/mol. The van der Waals surface area contributed by atoms with Crippen LogP contribution >= 0.6 is 15.2 Å². The van der Waals surface area contributed by atoms with Gasteiger partial charge in [-0.1, -0.05) is 0 Å². The Kier molecular flexibility index (Phi) is 9.17. The van der Waals surface area contributed by atoms with Crippen molar-refractivity contribution >= 4 is 26.7 Å². The van der Waals surface area contributed by atoms with Gasteiger partial charge in [-0.3, -0.25) is 19.4 Å². The Morgan fingerprint density at radius 2 is 1.15 bits per heavy atom. The molecule has 0 fully saturated rings. The number of hydrazone groups is 1. The second-order valence-electron chi connectivity index (χ2n) is 6.60. The van der Waals surface area contributed by atoms with Crippen LogP contribution in [-0.4, -0.2) is 42.9 Å². The fraction of sp³-hybridized carbons (Fsp3) is 0.556. The third kappa shape index (κ3) is 4.59. The van der Waals surface area contributed by atoms with Crippen LogP contribution in [-0.2, 0) is 27.2 Å². The zero-order chi connectivity index (χ0) is 25.9. The SMILES string of the molecule is CCOP(=O)(OCC)C1(P(=O)(OCC)OCC)CC(C(=O)c2c(F)c(F)c(F)c(F)c2F)=NN1. The van der Waals surface area contributed by atoms with Crippen LogP contribution in [0.4, 0.5) is 22.0 Å². The van der Waals surface area contributed by atoms with Crippen LogP contribution in [0.25, 0.3) is 0 Å². The molecule has 16 heteroatoms. The zero-order valence-corrected chi connectivity index (χ0v) is 20.4. The van der Waals surface area contributed by atoms with Crippen molar-refractivity contribution in [2.45, 2.75) is 39.1 Å². The highest BCUT2D eigenvalue weighted by Crippen LogP contribution is 2.78. The van der Waals surface area contributed by atoms with Gasteiger partial charge in [0, 0.05) is 6.42 Å². The summed E-state index contributed by atoms with van der Waals surface area (Å²) in [6.07, 6.45) is -0.972. The molecule has 2 rings (SSSR count). The molecule has 34 heavy (non-hydrogen) atoms. The molecule has 0 saturated heterocycles. The van der Waals surface area contributed by atoms with Crippen molar-refractivity contribution in [3.63, 3.8) is 0 Å². The second-order valence-corrected chi connectivity index (χ2v) is 11.5. The van der Waals surface area contributed by atoms with Crippen molar-refractivity contribution in [1.29, 1.82) is 0 Å². The van der Waals surface area contributed by atoms with Gasteiger partial charge in [0.2, 0.25) is 11.6 Å². The lowest BCUT2D eigenvalue weighted by Gasteiger charge is -2.38. The number of carbonyl (C=O) groups is 1. The molecule has 0 bridgehead atoms. The minimum atomic E-state index is -4.58. The van der Waals surface area contributed by atoms with Crippen molar-refractivity contribution in [2.24, 2.45) is 5.10 Å². The normalized spacial score (nSPS) is 15.9. The molecule has 0 spiro atoms. The van der Waals surface area contributed by atoms with Crippen molar-refractivity contribution < 1.29 is 54.0 Å². The van der Waals surface area contributed by atoms with E-state index >= 15 is 0 Å². The Morgan fingerprint density at radius 3 is 1.50 bits per heavy atom. The van der Waals surface area contributed by atoms with Crippen LogP contribution < -0.4 is 5.43 Å². The summed E-state index contributed by atoms with van der Waals surface area (Å²) in [5.41, 5.74) is -0.461. The van der Waals surface area contributed by atoms with E-state index in [1.807, 2.05) is 0 Å². The summed E-state index contributed by atoms with van der Waals surface area (Å²) in [5.74, 6) is -13.7. The van der Waals surface area contributed by atoms with Gasteiger partial charge in [-0.2, -0.15) is 5.10 Å². The predicted octanol–water partition coefficient (Wildman–Crippen LogP) is 5.10. The second kappa shape index (κ2) is 10.9. The molecule has 1 aliphatic rings. The first kappa shape index (κ1) is 28.5. The first-order chi connectivity index (χ1) is 15.9. The van der Waals surface area contributed by atoms with Crippen molar-refractivity contribution in [1.82, 2.24) is 5.43 Å². The first-order valence-corrected chi connectivity index (χ1v) is 13.2. The number of nitrogens with zero attached hydrogens (tertiary/aromatic N) is 1. The van der Waals surface area contributed by atoms with Gasteiger partial charge in [-0.15, -0.1) is 0 Å². The quantitative estimate of drug-likeness (QED) is 0.129.